The summed E-state index contributed by atoms with van der Waals surface area (Å²) in [5.74, 6) is 0.200. The summed E-state index contributed by atoms with van der Waals surface area (Å²) in [5.41, 5.74) is 0.867. The number of piperazine rings is 1. The fourth-order valence-electron chi connectivity index (χ4n) is 2.39. The van der Waals surface area contributed by atoms with Crippen molar-refractivity contribution in [2.24, 2.45) is 5.92 Å². The molecule has 1 aliphatic rings. The van der Waals surface area contributed by atoms with Crippen molar-refractivity contribution in [2.45, 2.75) is 32.9 Å². The van der Waals surface area contributed by atoms with Crippen molar-refractivity contribution in [1.29, 1.82) is 0 Å². The van der Waals surface area contributed by atoms with Gasteiger partial charge in [-0.25, -0.2) is 0 Å². The van der Waals surface area contributed by atoms with Crippen LogP contribution in [-0.2, 0) is 16.1 Å². The van der Waals surface area contributed by atoms with Crippen LogP contribution in [0.15, 0.2) is 24.3 Å². The van der Waals surface area contributed by atoms with Gasteiger partial charge in [0.25, 0.3) is 0 Å². The smallest absolute Gasteiger partial charge is 0.243 e. The van der Waals surface area contributed by atoms with Crippen molar-refractivity contribution in [1.82, 2.24) is 10.2 Å². The van der Waals surface area contributed by atoms with Crippen LogP contribution in [0.2, 0.25) is 5.02 Å². The Balaban J connectivity index is 2.22. The van der Waals surface area contributed by atoms with Crippen LogP contribution in [0.4, 0.5) is 0 Å². The first-order chi connectivity index (χ1) is 9.49. The van der Waals surface area contributed by atoms with E-state index in [1.54, 1.807) is 11.0 Å². The lowest BCUT2D eigenvalue weighted by molar-refractivity contribution is -0.146. The lowest BCUT2D eigenvalue weighted by Gasteiger charge is -2.36. The zero-order chi connectivity index (χ0) is 14.7. The summed E-state index contributed by atoms with van der Waals surface area (Å²) in [6.07, 6.45) is 0.655. The summed E-state index contributed by atoms with van der Waals surface area (Å²) < 4.78 is 0. The van der Waals surface area contributed by atoms with Crippen LogP contribution in [0.5, 0.6) is 0 Å². The molecule has 0 radical (unpaired) electrons. The van der Waals surface area contributed by atoms with Crippen LogP contribution < -0.4 is 5.32 Å². The standard InChI is InChI=1S/C15H19ClN2O2/c1-10(2)7-13-15(20)17-8-14(19)18(13)9-11-5-3-4-6-12(11)16/h3-6,10,13H,7-9H2,1-2H3,(H,17,20). The summed E-state index contributed by atoms with van der Waals surface area (Å²) >= 11 is 6.14. The fraction of sp³-hybridized carbons (Fsp3) is 0.467. The maximum atomic E-state index is 12.1. The van der Waals surface area contributed by atoms with Gasteiger partial charge in [0.15, 0.2) is 0 Å². The molecule has 1 atom stereocenters. The Morgan fingerprint density at radius 1 is 1.35 bits per heavy atom. The van der Waals surface area contributed by atoms with Gasteiger partial charge >= 0.3 is 0 Å². The van der Waals surface area contributed by atoms with Crippen LogP contribution in [-0.4, -0.2) is 29.3 Å². The number of carbonyl (C=O) groups excluding carboxylic acids is 2. The molecule has 0 spiro atoms. The van der Waals surface area contributed by atoms with E-state index < -0.39 is 6.04 Å². The molecule has 108 valence electrons. The molecule has 1 aromatic carbocycles. The lowest BCUT2D eigenvalue weighted by Crippen LogP contribution is -2.58. The Labute approximate surface area is 124 Å². The first-order valence-corrected chi connectivity index (χ1v) is 7.17. The summed E-state index contributed by atoms with van der Waals surface area (Å²) in [7, 11) is 0. The number of hydrogen-bond acceptors (Lipinski definition) is 2. The Kier molecular flexibility index (Phi) is 4.65. The molecule has 0 saturated carbocycles. The van der Waals surface area contributed by atoms with Gasteiger partial charge in [-0.2, -0.15) is 0 Å². The molecule has 1 saturated heterocycles. The molecule has 0 bridgehead atoms. The van der Waals surface area contributed by atoms with Crippen molar-refractivity contribution in [3.05, 3.63) is 34.9 Å². The molecule has 1 heterocycles. The third-order valence-corrected chi connectivity index (χ3v) is 3.77. The van der Waals surface area contributed by atoms with Gasteiger partial charge < -0.3 is 10.2 Å². The minimum atomic E-state index is -0.410. The molecule has 1 fully saturated rings. The van der Waals surface area contributed by atoms with E-state index in [0.29, 0.717) is 23.9 Å². The van der Waals surface area contributed by atoms with Crippen molar-refractivity contribution in [3.8, 4) is 0 Å². The number of nitrogens with one attached hydrogen (secondary N) is 1. The van der Waals surface area contributed by atoms with E-state index in [2.05, 4.69) is 5.32 Å². The number of hydrogen-bond donors (Lipinski definition) is 1. The van der Waals surface area contributed by atoms with Crippen molar-refractivity contribution < 1.29 is 9.59 Å². The van der Waals surface area contributed by atoms with E-state index in [9.17, 15) is 9.59 Å². The monoisotopic (exact) mass is 294 g/mol. The number of nitrogens with zero attached hydrogens (tertiary/aromatic N) is 1. The molecule has 5 heteroatoms. The first kappa shape index (κ1) is 14.9. The van der Waals surface area contributed by atoms with Crippen LogP contribution in [0.25, 0.3) is 0 Å². The Hall–Kier alpha value is -1.55. The highest BCUT2D eigenvalue weighted by molar-refractivity contribution is 6.31. The minimum absolute atomic E-state index is 0.0600. The third kappa shape index (κ3) is 3.31. The highest BCUT2D eigenvalue weighted by atomic mass is 35.5. The number of amides is 2. The van der Waals surface area contributed by atoms with Crippen LogP contribution >= 0.6 is 11.6 Å². The van der Waals surface area contributed by atoms with Gasteiger partial charge in [0.2, 0.25) is 11.8 Å². The van der Waals surface area contributed by atoms with Gasteiger partial charge in [-0.3, -0.25) is 9.59 Å². The second-order valence-corrected chi connectivity index (χ2v) is 5.88. The van der Waals surface area contributed by atoms with E-state index >= 15 is 0 Å². The second-order valence-electron chi connectivity index (χ2n) is 5.48. The Morgan fingerprint density at radius 3 is 2.70 bits per heavy atom. The quantitative estimate of drug-likeness (QED) is 0.925. The SMILES string of the molecule is CC(C)CC1C(=O)NCC(=O)N1Cc1ccccc1Cl. The van der Waals surface area contributed by atoms with Gasteiger partial charge in [-0.05, 0) is 24.0 Å². The second kappa shape index (κ2) is 6.27. The normalized spacial score (nSPS) is 19.4. The van der Waals surface area contributed by atoms with E-state index in [1.807, 2.05) is 32.0 Å². The Bertz CT molecular complexity index is 516. The van der Waals surface area contributed by atoms with Crippen molar-refractivity contribution in [2.75, 3.05) is 6.54 Å². The summed E-state index contributed by atoms with van der Waals surface area (Å²) in [4.78, 5) is 25.8. The number of halogens is 1. The zero-order valence-electron chi connectivity index (χ0n) is 11.7. The highest BCUT2D eigenvalue weighted by Gasteiger charge is 2.34. The largest absolute Gasteiger partial charge is 0.345 e. The topological polar surface area (TPSA) is 49.4 Å². The minimum Gasteiger partial charge on any atom is -0.345 e. The third-order valence-electron chi connectivity index (χ3n) is 3.41. The average Bonchev–Trinajstić information content (AvgIpc) is 2.40. The number of rotatable bonds is 4. The summed E-state index contributed by atoms with van der Waals surface area (Å²) in [6.45, 7) is 4.53. The summed E-state index contributed by atoms with van der Waals surface area (Å²) in [5, 5.41) is 3.27. The maximum Gasteiger partial charge on any atom is 0.243 e. The average molecular weight is 295 g/mol. The molecule has 4 nitrogen and oxygen atoms in total. The highest BCUT2D eigenvalue weighted by Crippen LogP contribution is 2.22. The van der Waals surface area contributed by atoms with Gasteiger partial charge in [0.1, 0.15) is 6.04 Å². The molecule has 1 aliphatic heterocycles. The number of carbonyl (C=O) groups is 2. The maximum absolute atomic E-state index is 12.1. The number of benzene rings is 1. The van der Waals surface area contributed by atoms with Crippen molar-refractivity contribution in [3.63, 3.8) is 0 Å². The molecule has 1 N–H and O–H groups in total. The molecule has 0 aliphatic carbocycles. The first-order valence-electron chi connectivity index (χ1n) is 6.79. The lowest BCUT2D eigenvalue weighted by atomic mass is 9.99. The zero-order valence-corrected chi connectivity index (χ0v) is 12.5. The van der Waals surface area contributed by atoms with E-state index in [1.165, 1.54) is 0 Å². The molecule has 20 heavy (non-hydrogen) atoms. The summed E-state index contributed by atoms with van der Waals surface area (Å²) in [6, 6.07) is 7.00. The fourth-order valence-corrected chi connectivity index (χ4v) is 2.58. The predicted molar refractivity (Wildman–Crippen MR) is 78.3 cm³/mol. The molecule has 2 rings (SSSR count). The van der Waals surface area contributed by atoms with Gasteiger partial charge in [0.05, 0.1) is 6.54 Å². The van der Waals surface area contributed by atoms with Crippen LogP contribution in [0.1, 0.15) is 25.8 Å². The van der Waals surface area contributed by atoms with Gasteiger partial charge in [-0.15, -0.1) is 0 Å². The van der Waals surface area contributed by atoms with Crippen LogP contribution in [0, 0.1) is 5.92 Å². The van der Waals surface area contributed by atoms with Crippen LogP contribution in [0.3, 0.4) is 0 Å². The van der Waals surface area contributed by atoms with Gasteiger partial charge in [-0.1, -0.05) is 43.6 Å². The van der Waals surface area contributed by atoms with E-state index in [4.69, 9.17) is 11.6 Å². The molecule has 1 unspecified atom stereocenters. The molecule has 0 aromatic heterocycles. The Morgan fingerprint density at radius 2 is 2.05 bits per heavy atom. The molecular formula is C15H19ClN2O2. The molecular weight excluding hydrogens is 276 g/mol. The van der Waals surface area contributed by atoms with Gasteiger partial charge in [0, 0.05) is 11.6 Å². The predicted octanol–water partition coefficient (Wildman–Crippen LogP) is 2.21. The molecule has 2 amide bonds. The molecule has 1 aromatic rings. The van der Waals surface area contributed by atoms with E-state index in [-0.39, 0.29) is 18.4 Å². The van der Waals surface area contributed by atoms with E-state index in [0.717, 1.165) is 5.56 Å². The van der Waals surface area contributed by atoms with Crippen molar-refractivity contribution >= 4 is 23.4 Å².